The molecule has 1 N–H and O–H groups in total. The molecule has 0 atom stereocenters. The lowest BCUT2D eigenvalue weighted by Gasteiger charge is -2.16. The predicted molar refractivity (Wildman–Crippen MR) is 129 cm³/mol. The third kappa shape index (κ3) is 3.53. The van der Waals surface area contributed by atoms with Crippen molar-refractivity contribution in [2.24, 2.45) is 0 Å². The maximum absolute atomic E-state index is 14.0. The lowest BCUT2D eigenvalue weighted by molar-refractivity contribution is -0.120. The van der Waals surface area contributed by atoms with Gasteiger partial charge in [0.05, 0.1) is 11.3 Å². The van der Waals surface area contributed by atoms with E-state index in [1.54, 1.807) is 6.07 Å². The molecule has 34 heavy (non-hydrogen) atoms. The number of carbonyl (C=O) groups excluding carboxylic acids is 2. The standard InChI is InChI=1S/C28H20F2N2O2/c1-16-10-11-19(14-17(16)2)25-26(31-24-9-5-7-18-6-3-4-8-21(18)24)28(34)32(27(25)33)20-12-13-22(29)23(30)15-20/h3-15,31H,1-2H3. The highest BCUT2D eigenvalue weighted by Gasteiger charge is 2.40. The highest BCUT2D eigenvalue weighted by molar-refractivity contribution is 6.46. The molecule has 0 fully saturated rings. The van der Waals surface area contributed by atoms with E-state index in [1.165, 1.54) is 6.07 Å². The fraction of sp³-hybridized carbons (Fsp3) is 0.0714. The van der Waals surface area contributed by atoms with Crippen LogP contribution >= 0.6 is 0 Å². The average molecular weight is 454 g/mol. The second-order valence-electron chi connectivity index (χ2n) is 8.24. The minimum atomic E-state index is -1.14. The van der Waals surface area contributed by atoms with Gasteiger partial charge in [-0.05, 0) is 54.1 Å². The van der Waals surface area contributed by atoms with E-state index in [9.17, 15) is 18.4 Å². The van der Waals surface area contributed by atoms with Gasteiger partial charge < -0.3 is 5.32 Å². The largest absolute Gasteiger partial charge is 0.350 e. The van der Waals surface area contributed by atoms with Gasteiger partial charge in [0.2, 0.25) is 0 Å². The molecule has 0 saturated carbocycles. The molecule has 0 bridgehead atoms. The second-order valence-corrected chi connectivity index (χ2v) is 8.24. The van der Waals surface area contributed by atoms with Crippen molar-refractivity contribution in [3.05, 3.63) is 113 Å². The molecule has 0 saturated heterocycles. The minimum Gasteiger partial charge on any atom is -0.350 e. The Kier molecular flexibility index (Phi) is 5.21. The van der Waals surface area contributed by atoms with Crippen molar-refractivity contribution in [1.29, 1.82) is 0 Å². The maximum Gasteiger partial charge on any atom is 0.282 e. The van der Waals surface area contributed by atoms with Crippen LogP contribution in [-0.4, -0.2) is 11.8 Å². The Morgan fingerprint density at radius 3 is 2.26 bits per heavy atom. The van der Waals surface area contributed by atoms with Crippen LogP contribution in [0.4, 0.5) is 20.2 Å². The number of hydrogen-bond acceptors (Lipinski definition) is 3. The van der Waals surface area contributed by atoms with Crippen LogP contribution in [0.25, 0.3) is 16.3 Å². The number of nitrogens with one attached hydrogen (secondary N) is 1. The molecule has 6 heteroatoms. The molecule has 1 heterocycles. The van der Waals surface area contributed by atoms with Gasteiger partial charge in [0.25, 0.3) is 11.8 Å². The molecule has 2 amide bonds. The van der Waals surface area contributed by atoms with Gasteiger partial charge >= 0.3 is 0 Å². The van der Waals surface area contributed by atoms with Crippen LogP contribution in [0.15, 0.2) is 84.6 Å². The first-order valence-corrected chi connectivity index (χ1v) is 10.8. The summed E-state index contributed by atoms with van der Waals surface area (Å²) in [4.78, 5) is 28.0. The second kappa shape index (κ2) is 8.23. The molecule has 168 valence electrons. The van der Waals surface area contributed by atoms with Crippen LogP contribution in [0.2, 0.25) is 0 Å². The summed E-state index contributed by atoms with van der Waals surface area (Å²) in [7, 11) is 0. The molecule has 4 aromatic rings. The minimum absolute atomic E-state index is 0.0371. The van der Waals surface area contributed by atoms with E-state index in [2.05, 4.69) is 5.32 Å². The van der Waals surface area contributed by atoms with Crippen molar-refractivity contribution in [2.75, 3.05) is 10.2 Å². The molecule has 1 aliphatic heterocycles. The molecule has 0 spiro atoms. The Morgan fingerprint density at radius 2 is 1.50 bits per heavy atom. The first-order chi connectivity index (χ1) is 16.3. The zero-order chi connectivity index (χ0) is 24.0. The number of imide groups is 1. The lowest BCUT2D eigenvalue weighted by atomic mass is 9.99. The van der Waals surface area contributed by atoms with Gasteiger partial charge in [-0.25, -0.2) is 13.7 Å². The summed E-state index contributed by atoms with van der Waals surface area (Å²) in [6.45, 7) is 3.88. The summed E-state index contributed by atoms with van der Waals surface area (Å²) in [5.41, 5.74) is 3.44. The van der Waals surface area contributed by atoms with Gasteiger partial charge in [0, 0.05) is 17.1 Å². The van der Waals surface area contributed by atoms with E-state index in [0.29, 0.717) is 11.3 Å². The zero-order valence-corrected chi connectivity index (χ0v) is 18.5. The van der Waals surface area contributed by atoms with Crippen molar-refractivity contribution in [3.8, 4) is 0 Å². The third-order valence-electron chi connectivity index (χ3n) is 6.09. The number of hydrogen-bond donors (Lipinski definition) is 1. The Hall–Kier alpha value is -4.32. The van der Waals surface area contributed by atoms with Gasteiger partial charge in [0.1, 0.15) is 5.70 Å². The molecule has 0 aliphatic carbocycles. The summed E-state index contributed by atoms with van der Waals surface area (Å²) < 4.78 is 27.5. The molecule has 1 aliphatic rings. The van der Waals surface area contributed by atoms with Crippen LogP contribution < -0.4 is 10.2 Å². The highest BCUT2D eigenvalue weighted by Crippen LogP contribution is 2.36. The first kappa shape index (κ1) is 21.5. The van der Waals surface area contributed by atoms with Crippen molar-refractivity contribution < 1.29 is 18.4 Å². The van der Waals surface area contributed by atoms with E-state index in [4.69, 9.17) is 0 Å². The molecule has 0 aromatic heterocycles. The van der Waals surface area contributed by atoms with Gasteiger partial charge in [-0.3, -0.25) is 9.59 Å². The number of rotatable bonds is 4. The molecule has 0 radical (unpaired) electrons. The van der Waals surface area contributed by atoms with Gasteiger partial charge in [0.15, 0.2) is 11.6 Å². The summed E-state index contributed by atoms with van der Waals surface area (Å²) in [5.74, 6) is -3.44. The highest BCUT2D eigenvalue weighted by atomic mass is 19.2. The Bertz CT molecular complexity index is 1520. The monoisotopic (exact) mass is 454 g/mol. The Labute approximate surface area is 195 Å². The number of carbonyl (C=O) groups is 2. The number of aryl methyl sites for hydroxylation is 2. The van der Waals surface area contributed by atoms with Crippen LogP contribution in [-0.2, 0) is 9.59 Å². The van der Waals surface area contributed by atoms with Crippen molar-refractivity contribution in [1.82, 2.24) is 0 Å². The van der Waals surface area contributed by atoms with Crippen molar-refractivity contribution in [3.63, 3.8) is 0 Å². The van der Waals surface area contributed by atoms with Gasteiger partial charge in [-0.2, -0.15) is 0 Å². The quantitative estimate of drug-likeness (QED) is 0.377. The van der Waals surface area contributed by atoms with Gasteiger partial charge in [-0.15, -0.1) is 0 Å². The SMILES string of the molecule is Cc1ccc(C2=C(Nc3cccc4ccccc34)C(=O)N(c3ccc(F)c(F)c3)C2=O)cc1C. The molecular formula is C28H20F2N2O2. The van der Waals surface area contributed by atoms with Crippen LogP contribution in [0.3, 0.4) is 0 Å². The van der Waals surface area contributed by atoms with E-state index >= 15 is 0 Å². The average Bonchev–Trinajstić information content (AvgIpc) is 3.07. The summed E-state index contributed by atoms with van der Waals surface area (Å²) in [5, 5.41) is 5.02. The number of anilines is 2. The number of nitrogens with zero attached hydrogens (tertiary/aromatic N) is 1. The fourth-order valence-electron chi connectivity index (χ4n) is 4.14. The van der Waals surface area contributed by atoms with Crippen molar-refractivity contribution in [2.45, 2.75) is 13.8 Å². The fourth-order valence-corrected chi connectivity index (χ4v) is 4.14. The summed E-state index contributed by atoms with van der Waals surface area (Å²) >= 11 is 0. The predicted octanol–water partition coefficient (Wildman–Crippen LogP) is 6.13. The Morgan fingerprint density at radius 1 is 0.735 bits per heavy atom. The molecular weight excluding hydrogens is 434 g/mol. The van der Waals surface area contributed by atoms with Crippen molar-refractivity contribution >= 4 is 39.5 Å². The van der Waals surface area contributed by atoms with Gasteiger partial charge in [-0.1, -0.05) is 54.6 Å². The van der Waals surface area contributed by atoms with E-state index < -0.39 is 23.4 Å². The van der Waals surface area contributed by atoms with E-state index in [1.807, 2.05) is 68.4 Å². The van der Waals surface area contributed by atoms with E-state index in [-0.39, 0.29) is 17.0 Å². The topological polar surface area (TPSA) is 49.4 Å². The molecule has 5 rings (SSSR count). The van der Waals surface area contributed by atoms with E-state index in [0.717, 1.165) is 38.9 Å². The molecule has 4 aromatic carbocycles. The summed E-state index contributed by atoms with van der Waals surface area (Å²) in [6, 6.07) is 21.8. The number of halogens is 2. The smallest absolute Gasteiger partial charge is 0.282 e. The molecule has 4 nitrogen and oxygen atoms in total. The molecule has 0 unspecified atom stereocenters. The van der Waals surface area contributed by atoms with Crippen LogP contribution in [0, 0.1) is 25.5 Å². The number of amides is 2. The number of benzene rings is 4. The van der Waals surface area contributed by atoms with Crippen LogP contribution in [0.1, 0.15) is 16.7 Å². The third-order valence-corrected chi connectivity index (χ3v) is 6.09. The zero-order valence-electron chi connectivity index (χ0n) is 18.5. The normalized spacial score (nSPS) is 13.8. The number of fused-ring (bicyclic) bond motifs is 1. The summed E-state index contributed by atoms with van der Waals surface area (Å²) in [6.07, 6.45) is 0. The Balaban J connectivity index is 1.68. The lowest BCUT2D eigenvalue weighted by Crippen LogP contribution is -2.32. The maximum atomic E-state index is 14.0. The van der Waals surface area contributed by atoms with Crippen LogP contribution in [0.5, 0.6) is 0 Å². The first-order valence-electron chi connectivity index (χ1n) is 10.8.